The maximum absolute atomic E-state index is 13.0. The minimum atomic E-state index is -4.58. The standard InChI is InChI=1S/C27H20BrF3N2O5/c1-2-37-23-12-17(11-22(28)24(23)38-15-16-5-3-6-18(9-16)26(35)36)10-19(14-32)25(34)33-21-8-4-7-20(13-21)27(29,30)31/h3-13H,2,15H2,1H3,(H,33,34)(H,35,36)/b19-10-. The third-order valence-electron chi connectivity index (χ3n) is 5.01. The zero-order valence-corrected chi connectivity index (χ0v) is 21.4. The van der Waals surface area contributed by atoms with E-state index in [2.05, 4.69) is 21.2 Å². The molecule has 38 heavy (non-hydrogen) atoms. The number of alkyl halides is 3. The zero-order valence-electron chi connectivity index (χ0n) is 19.8. The van der Waals surface area contributed by atoms with Gasteiger partial charge in [0, 0.05) is 5.69 Å². The molecule has 0 heterocycles. The minimum Gasteiger partial charge on any atom is -0.490 e. The molecule has 3 aromatic rings. The number of nitrogens with one attached hydrogen (secondary N) is 1. The number of hydrogen-bond acceptors (Lipinski definition) is 5. The van der Waals surface area contributed by atoms with E-state index < -0.39 is 23.6 Å². The maximum Gasteiger partial charge on any atom is 0.416 e. The van der Waals surface area contributed by atoms with Crippen molar-refractivity contribution in [2.75, 3.05) is 11.9 Å². The molecule has 0 bridgehead atoms. The number of carbonyl (C=O) groups is 2. The molecule has 0 aromatic heterocycles. The summed E-state index contributed by atoms with van der Waals surface area (Å²) >= 11 is 3.39. The van der Waals surface area contributed by atoms with Gasteiger partial charge in [-0.25, -0.2) is 4.79 Å². The number of aromatic carboxylic acids is 1. The topological polar surface area (TPSA) is 109 Å². The number of hydrogen-bond donors (Lipinski definition) is 2. The molecule has 0 radical (unpaired) electrons. The molecule has 11 heteroatoms. The Kier molecular flexibility index (Phi) is 9.15. The Morgan fingerprint density at radius 3 is 2.50 bits per heavy atom. The second kappa shape index (κ2) is 12.3. The lowest BCUT2D eigenvalue weighted by molar-refractivity contribution is -0.137. The molecular weight excluding hydrogens is 569 g/mol. The molecule has 0 unspecified atom stereocenters. The monoisotopic (exact) mass is 588 g/mol. The first-order valence-corrected chi connectivity index (χ1v) is 11.8. The molecule has 3 rings (SSSR count). The molecule has 3 aromatic carbocycles. The van der Waals surface area contributed by atoms with E-state index in [1.54, 1.807) is 31.2 Å². The number of carboxylic acid groups (broad SMARTS) is 1. The van der Waals surface area contributed by atoms with Crippen LogP contribution in [0, 0.1) is 11.3 Å². The molecule has 196 valence electrons. The van der Waals surface area contributed by atoms with Crippen molar-refractivity contribution in [1.82, 2.24) is 0 Å². The van der Waals surface area contributed by atoms with Crippen molar-refractivity contribution < 1.29 is 37.3 Å². The van der Waals surface area contributed by atoms with Crippen molar-refractivity contribution in [2.24, 2.45) is 0 Å². The van der Waals surface area contributed by atoms with Crippen LogP contribution in [0.1, 0.15) is 34.0 Å². The molecule has 0 atom stereocenters. The Morgan fingerprint density at radius 2 is 1.84 bits per heavy atom. The van der Waals surface area contributed by atoms with E-state index >= 15 is 0 Å². The SMILES string of the molecule is CCOc1cc(/C=C(/C#N)C(=O)Nc2cccc(C(F)(F)F)c2)cc(Br)c1OCc1cccc(C(=O)O)c1. The van der Waals surface area contributed by atoms with Gasteiger partial charge in [-0.05, 0) is 82.5 Å². The third kappa shape index (κ3) is 7.36. The summed E-state index contributed by atoms with van der Waals surface area (Å²) in [6, 6.07) is 15.2. The van der Waals surface area contributed by atoms with Gasteiger partial charge < -0.3 is 19.9 Å². The Labute approximate surface area is 224 Å². The van der Waals surface area contributed by atoms with E-state index in [4.69, 9.17) is 9.47 Å². The summed E-state index contributed by atoms with van der Waals surface area (Å²) < 4.78 is 50.8. The second-order valence-corrected chi connectivity index (χ2v) is 8.61. The van der Waals surface area contributed by atoms with E-state index in [0.717, 1.165) is 18.2 Å². The van der Waals surface area contributed by atoms with Gasteiger partial charge in [0.05, 0.1) is 22.2 Å². The molecule has 0 spiro atoms. The Bertz CT molecular complexity index is 1430. The molecule has 0 saturated heterocycles. The third-order valence-corrected chi connectivity index (χ3v) is 5.60. The average molecular weight is 589 g/mol. The molecule has 0 saturated carbocycles. The van der Waals surface area contributed by atoms with Gasteiger partial charge in [-0.3, -0.25) is 4.79 Å². The molecule has 0 aliphatic carbocycles. The molecule has 0 fully saturated rings. The predicted molar refractivity (Wildman–Crippen MR) is 137 cm³/mol. The van der Waals surface area contributed by atoms with Crippen LogP contribution in [0.2, 0.25) is 0 Å². The largest absolute Gasteiger partial charge is 0.490 e. The second-order valence-electron chi connectivity index (χ2n) is 7.76. The van der Waals surface area contributed by atoms with Crippen molar-refractivity contribution in [3.05, 3.63) is 93.0 Å². The number of anilines is 1. The lowest BCUT2D eigenvalue weighted by atomic mass is 10.1. The van der Waals surface area contributed by atoms with Crippen LogP contribution in [0.4, 0.5) is 18.9 Å². The number of rotatable bonds is 9. The lowest BCUT2D eigenvalue weighted by Crippen LogP contribution is -2.14. The van der Waals surface area contributed by atoms with E-state index in [0.29, 0.717) is 21.3 Å². The quantitative estimate of drug-likeness (QED) is 0.213. The van der Waals surface area contributed by atoms with Crippen LogP contribution in [0.25, 0.3) is 6.08 Å². The normalized spacial score (nSPS) is 11.4. The number of benzene rings is 3. The summed E-state index contributed by atoms with van der Waals surface area (Å²) in [4.78, 5) is 23.8. The van der Waals surface area contributed by atoms with E-state index in [9.17, 15) is 33.1 Å². The number of nitriles is 1. The van der Waals surface area contributed by atoms with Crippen LogP contribution < -0.4 is 14.8 Å². The number of halogens is 4. The fourth-order valence-electron chi connectivity index (χ4n) is 3.31. The Hall–Kier alpha value is -4.30. The smallest absolute Gasteiger partial charge is 0.416 e. The summed E-state index contributed by atoms with van der Waals surface area (Å²) in [7, 11) is 0. The van der Waals surface area contributed by atoms with Gasteiger partial charge in [-0.2, -0.15) is 18.4 Å². The highest BCUT2D eigenvalue weighted by molar-refractivity contribution is 9.10. The van der Waals surface area contributed by atoms with Crippen LogP contribution in [-0.4, -0.2) is 23.6 Å². The number of ether oxygens (including phenoxy) is 2. The molecule has 0 aliphatic rings. The molecule has 0 aliphatic heterocycles. The highest BCUT2D eigenvalue weighted by Crippen LogP contribution is 2.38. The number of nitrogens with zero attached hydrogens (tertiary/aromatic N) is 1. The first kappa shape index (κ1) is 28.3. The predicted octanol–water partition coefficient (Wildman–Crippen LogP) is 6.69. The van der Waals surface area contributed by atoms with Gasteiger partial charge in [0.15, 0.2) is 11.5 Å². The number of carbonyl (C=O) groups excluding carboxylic acids is 1. The fourth-order valence-corrected chi connectivity index (χ4v) is 3.89. The van der Waals surface area contributed by atoms with E-state index in [1.807, 2.05) is 0 Å². The highest BCUT2D eigenvalue weighted by atomic mass is 79.9. The number of amides is 1. The van der Waals surface area contributed by atoms with Crippen molar-refractivity contribution in [3.63, 3.8) is 0 Å². The summed E-state index contributed by atoms with van der Waals surface area (Å²) in [5.41, 5.74) is -0.289. The van der Waals surface area contributed by atoms with Crippen molar-refractivity contribution in [1.29, 1.82) is 5.26 Å². The average Bonchev–Trinajstić information content (AvgIpc) is 2.86. The molecule has 7 nitrogen and oxygen atoms in total. The highest BCUT2D eigenvalue weighted by Gasteiger charge is 2.30. The van der Waals surface area contributed by atoms with Gasteiger partial charge >= 0.3 is 12.1 Å². The van der Waals surface area contributed by atoms with Gasteiger partial charge in [0.2, 0.25) is 0 Å². The molecule has 2 N–H and O–H groups in total. The van der Waals surface area contributed by atoms with Gasteiger partial charge in [-0.15, -0.1) is 0 Å². The summed E-state index contributed by atoms with van der Waals surface area (Å²) in [6.45, 7) is 2.06. The van der Waals surface area contributed by atoms with Crippen molar-refractivity contribution in [2.45, 2.75) is 19.7 Å². The minimum absolute atomic E-state index is 0.0395. The fraction of sp³-hybridized carbons (Fsp3) is 0.148. The van der Waals surface area contributed by atoms with Crippen LogP contribution >= 0.6 is 15.9 Å². The van der Waals surface area contributed by atoms with Gasteiger partial charge in [0.25, 0.3) is 5.91 Å². The zero-order chi connectivity index (χ0) is 27.9. The maximum atomic E-state index is 13.0. The summed E-state index contributed by atoms with van der Waals surface area (Å²) in [5.74, 6) is -1.35. The van der Waals surface area contributed by atoms with Crippen molar-refractivity contribution >= 4 is 39.6 Å². The molecular formula is C27H20BrF3N2O5. The summed E-state index contributed by atoms with van der Waals surface area (Å²) in [5, 5.41) is 21.0. The Morgan fingerprint density at radius 1 is 1.11 bits per heavy atom. The van der Waals surface area contributed by atoms with Gasteiger partial charge in [-0.1, -0.05) is 18.2 Å². The molecule has 1 amide bonds. The van der Waals surface area contributed by atoms with Crippen LogP contribution in [0.5, 0.6) is 11.5 Å². The van der Waals surface area contributed by atoms with E-state index in [1.165, 1.54) is 30.3 Å². The first-order chi connectivity index (χ1) is 18.0. The summed E-state index contributed by atoms with van der Waals surface area (Å²) in [6.07, 6.45) is -3.32. The van der Waals surface area contributed by atoms with Crippen molar-refractivity contribution in [3.8, 4) is 17.6 Å². The van der Waals surface area contributed by atoms with E-state index in [-0.39, 0.29) is 35.8 Å². The first-order valence-electron chi connectivity index (χ1n) is 11.0. The Balaban J connectivity index is 1.85. The van der Waals surface area contributed by atoms with Crippen LogP contribution in [0.3, 0.4) is 0 Å². The number of carboxylic acids is 1. The van der Waals surface area contributed by atoms with Gasteiger partial charge in [0.1, 0.15) is 18.2 Å². The lowest BCUT2D eigenvalue weighted by Gasteiger charge is -2.15. The van der Waals surface area contributed by atoms with Crippen LogP contribution in [-0.2, 0) is 17.6 Å². The van der Waals surface area contributed by atoms with Crippen LogP contribution in [0.15, 0.2) is 70.7 Å².